The maximum absolute atomic E-state index is 4.68. The van der Waals surface area contributed by atoms with Crippen molar-refractivity contribution in [3.63, 3.8) is 0 Å². The summed E-state index contributed by atoms with van der Waals surface area (Å²) in [6.07, 6.45) is 3.27. The van der Waals surface area contributed by atoms with Crippen LogP contribution in [0.25, 0.3) is 11.1 Å². The average Bonchev–Trinajstić information content (AvgIpc) is 2.70. The van der Waals surface area contributed by atoms with Crippen molar-refractivity contribution in [3.05, 3.63) is 94.5 Å². The summed E-state index contributed by atoms with van der Waals surface area (Å²) in [7, 11) is 3.94. The van der Waals surface area contributed by atoms with Gasteiger partial charge in [-0.3, -0.25) is 0 Å². The normalized spacial score (nSPS) is 11.6. The molecule has 0 aromatic heterocycles. The Hall–Kier alpha value is -2.87. The van der Waals surface area contributed by atoms with Gasteiger partial charge in [-0.25, -0.2) is 0 Å². The first kappa shape index (κ1) is 20.9. The number of hydrogen-bond acceptors (Lipinski definition) is 2. The molecule has 0 aliphatic rings. The summed E-state index contributed by atoms with van der Waals surface area (Å²) in [5.74, 6) is 0. The molecule has 0 unspecified atom stereocenters. The molecule has 0 N–H and O–H groups in total. The molecule has 0 bridgehead atoms. The minimum absolute atomic E-state index is 0.933. The topological polar surface area (TPSA) is 15.6 Å². The minimum atomic E-state index is 0.933. The van der Waals surface area contributed by atoms with E-state index in [-0.39, 0.29) is 0 Å². The second-order valence-electron chi connectivity index (χ2n) is 8.02. The molecule has 0 aliphatic heterocycles. The van der Waals surface area contributed by atoms with Crippen molar-refractivity contribution >= 4 is 5.71 Å². The number of nitrogens with zero attached hydrogens (tertiary/aromatic N) is 2. The van der Waals surface area contributed by atoms with Gasteiger partial charge in [-0.05, 0) is 60.6 Å². The molecule has 2 heteroatoms. The Bertz CT molecular complexity index is 964. The van der Waals surface area contributed by atoms with Crippen molar-refractivity contribution in [2.75, 3.05) is 14.1 Å². The van der Waals surface area contributed by atoms with E-state index >= 15 is 0 Å². The first-order valence-corrected chi connectivity index (χ1v) is 10.5. The second kappa shape index (κ2) is 9.56. The predicted molar refractivity (Wildman–Crippen MR) is 126 cm³/mol. The molecule has 0 aliphatic carbocycles. The molecule has 0 saturated carbocycles. The van der Waals surface area contributed by atoms with E-state index in [0.717, 1.165) is 18.6 Å². The van der Waals surface area contributed by atoms with Crippen LogP contribution in [0.2, 0.25) is 0 Å². The van der Waals surface area contributed by atoms with Crippen molar-refractivity contribution in [2.24, 2.45) is 5.10 Å². The summed E-state index contributed by atoms with van der Waals surface area (Å²) in [4.78, 5) is 0. The van der Waals surface area contributed by atoms with Crippen molar-refractivity contribution in [2.45, 2.75) is 40.0 Å². The molecule has 0 heterocycles. The van der Waals surface area contributed by atoms with Crippen molar-refractivity contribution < 1.29 is 0 Å². The van der Waals surface area contributed by atoms with E-state index in [0.29, 0.717) is 0 Å². The standard InChI is InChI=1S/C27H32N2/c1-6-7-22-10-12-23(13-11-22)18-24-14-17-26(25-15-8-20(2)9-16-25)27(19-24)21(3)28-29(4)5/h8-17,19H,6-7,18H2,1-5H3/b28-21+. The van der Waals surface area contributed by atoms with Crippen LogP contribution in [0, 0.1) is 6.92 Å². The summed E-state index contributed by atoms with van der Waals surface area (Å²) in [6, 6.07) is 24.6. The van der Waals surface area contributed by atoms with Crippen molar-refractivity contribution in [1.29, 1.82) is 0 Å². The number of aryl methyl sites for hydroxylation is 2. The van der Waals surface area contributed by atoms with Crippen LogP contribution in [-0.4, -0.2) is 24.8 Å². The fraction of sp³-hybridized carbons (Fsp3) is 0.296. The quantitative estimate of drug-likeness (QED) is 0.336. The van der Waals surface area contributed by atoms with Crippen LogP contribution < -0.4 is 0 Å². The van der Waals surface area contributed by atoms with Gasteiger partial charge in [0.05, 0.1) is 5.71 Å². The lowest BCUT2D eigenvalue weighted by molar-refractivity contribution is 0.438. The highest BCUT2D eigenvalue weighted by Gasteiger charge is 2.10. The smallest absolute Gasteiger partial charge is 0.0652 e. The Morgan fingerprint density at radius 2 is 1.45 bits per heavy atom. The fourth-order valence-corrected chi connectivity index (χ4v) is 3.69. The van der Waals surface area contributed by atoms with Crippen LogP contribution in [-0.2, 0) is 12.8 Å². The molecule has 0 radical (unpaired) electrons. The summed E-state index contributed by atoms with van der Waals surface area (Å²) < 4.78 is 0. The third kappa shape index (κ3) is 5.57. The minimum Gasteiger partial charge on any atom is -0.303 e. The van der Waals surface area contributed by atoms with Gasteiger partial charge in [0, 0.05) is 19.7 Å². The van der Waals surface area contributed by atoms with E-state index in [1.807, 2.05) is 19.1 Å². The number of rotatable bonds is 7. The summed E-state index contributed by atoms with van der Waals surface area (Å²) in [5, 5.41) is 6.55. The van der Waals surface area contributed by atoms with E-state index in [2.05, 4.69) is 92.6 Å². The van der Waals surface area contributed by atoms with Gasteiger partial charge in [0.2, 0.25) is 0 Å². The lowest BCUT2D eigenvalue weighted by Crippen LogP contribution is -2.09. The Labute approximate surface area is 175 Å². The zero-order chi connectivity index (χ0) is 20.8. The molecular formula is C27H32N2. The third-order valence-electron chi connectivity index (χ3n) is 5.16. The second-order valence-corrected chi connectivity index (χ2v) is 8.02. The van der Waals surface area contributed by atoms with Crippen LogP contribution >= 0.6 is 0 Å². The summed E-state index contributed by atoms with van der Waals surface area (Å²) >= 11 is 0. The van der Waals surface area contributed by atoms with Gasteiger partial charge in [-0.2, -0.15) is 5.10 Å². The Morgan fingerprint density at radius 3 is 2.07 bits per heavy atom. The Balaban J connectivity index is 1.96. The van der Waals surface area contributed by atoms with E-state index in [4.69, 9.17) is 0 Å². The molecular weight excluding hydrogens is 352 g/mol. The van der Waals surface area contributed by atoms with Gasteiger partial charge in [-0.15, -0.1) is 0 Å². The van der Waals surface area contributed by atoms with E-state index < -0.39 is 0 Å². The molecule has 29 heavy (non-hydrogen) atoms. The average molecular weight is 385 g/mol. The van der Waals surface area contributed by atoms with Gasteiger partial charge in [0.25, 0.3) is 0 Å². The van der Waals surface area contributed by atoms with Crippen molar-refractivity contribution in [3.8, 4) is 11.1 Å². The van der Waals surface area contributed by atoms with E-state index in [9.17, 15) is 0 Å². The molecule has 3 aromatic rings. The number of hydrogen-bond donors (Lipinski definition) is 0. The Morgan fingerprint density at radius 1 is 0.828 bits per heavy atom. The first-order chi connectivity index (χ1) is 14.0. The zero-order valence-corrected chi connectivity index (χ0v) is 18.4. The molecule has 0 atom stereocenters. The van der Waals surface area contributed by atoms with E-state index in [1.165, 1.54) is 45.4 Å². The third-order valence-corrected chi connectivity index (χ3v) is 5.16. The van der Waals surface area contributed by atoms with Gasteiger partial charge in [0.1, 0.15) is 0 Å². The lowest BCUT2D eigenvalue weighted by atomic mass is 9.92. The number of benzene rings is 3. The molecule has 0 amide bonds. The summed E-state index contributed by atoms with van der Waals surface area (Å²) in [5.41, 5.74) is 10.0. The molecule has 150 valence electrons. The molecule has 2 nitrogen and oxygen atoms in total. The van der Waals surface area contributed by atoms with Gasteiger partial charge in [-0.1, -0.05) is 79.6 Å². The maximum atomic E-state index is 4.68. The molecule has 0 saturated heterocycles. The lowest BCUT2D eigenvalue weighted by Gasteiger charge is -2.15. The molecule has 3 aromatic carbocycles. The van der Waals surface area contributed by atoms with E-state index in [1.54, 1.807) is 0 Å². The monoisotopic (exact) mass is 384 g/mol. The first-order valence-electron chi connectivity index (χ1n) is 10.5. The van der Waals surface area contributed by atoms with Crippen LogP contribution in [0.15, 0.2) is 71.8 Å². The van der Waals surface area contributed by atoms with Crippen LogP contribution in [0.4, 0.5) is 0 Å². The van der Waals surface area contributed by atoms with Crippen molar-refractivity contribution in [1.82, 2.24) is 5.01 Å². The highest BCUT2D eigenvalue weighted by Crippen LogP contribution is 2.27. The zero-order valence-electron chi connectivity index (χ0n) is 18.4. The molecule has 0 fully saturated rings. The summed E-state index contributed by atoms with van der Waals surface area (Å²) in [6.45, 7) is 6.44. The molecule has 3 rings (SSSR count). The van der Waals surface area contributed by atoms with Gasteiger partial charge >= 0.3 is 0 Å². The highest BCUT2D eigenvalue weighted by atomic mass is 15.4. The molecule has 0 spiro atoms. The fourth-order valence-electron chi connectivity index (χ4n) is 3.69. The largest absolute Gasteiger partial charge is 0.303 e. The predicted octanol–water partition coefficient (Wildman–Crippen LogP) is 6.49. The van der Waals surface area contributed by atoms with Crippen LogP contribution in [0.3, 0.4) is 0 Å². The number of hydrazone groups is 1. The Kier molecular flexibility index (Phi) is 6.87. The highest BCUT2D eigenvalue weighted by molar-refractivity contribution is 6.04. The SMILES string of the molecule is CCCc1ccc(Cc2ccc(-c3ccc(C)cc3)c(/C(C)=N/N(C)C)c2)cc1. The van der Waals surface area contributed by atoms with Crippen LogP contribution in [0.1, 0.15) is 48.1 Å². The van der Waals surface area contributed by atoms with Gasteiger partial charge in [0.15, 0.2) is 0 Å². The van der Waals surface area contributed by atoms with Gasteiger partial charge < -0.3 is 5.01 Å². The van der Waals surface area contributed by atoms with Crippen LogP contribution in [0.5, 0.6) is 0 Å². The maximum Gasteiger partial charge on any atom is 0.0652 e.